The Morgan fingerprint density at radius 2 is 2.53 bits per heavy atom. The van der Waals surface area contributed by atoms with E-state index in [2.05, 4.69) is 16.5 Å². The smallest absolute Gasteiger partial charge is 0.103 e. The van der Waals surface area contributed by atoms with Gasteiger partial charge in [-0.3, -0.25) is 0 Å². The number of imidazole rings is 1. The van der Waals surface area contributed by atoms with E-state index in [1.165, 1.54) is 5.69 Å². The molecule has 1 aliphatic rings. The summed E-state index contributed by atoms with van der Waals surface area (Å²) in [6, 6.07) is 0. The monoisotopic (exact) mass is 209 g/mol. The Morgan fingerprint density at radius 3 is 3.27 bits per heavy atom. The van der Waals surface area contributed by atoms with Crippen molar-refractivity contribution in [2.24, 2.45) is 11.7 Å². The molecule has 15 heavy (non-hydrogen) atoms. The minimum atomic E-state index is 0.145. The van der Waals surface area contributed by atoms with Crippen LogP contribution in [0.3, 0.4) is 0 Å². The number of nitrogens with two attached hydrogens (primary N) is 1. The fourth-order valence-electron chi connectivity index (χ4n) is 2.24. The van der Waals surface area contributed by atoms with Crippen molar-refractivity contribution >= 4 is 0 Å². The normalized spacial score (nSPS) is 26.8. The molecule has 4 nitrogen and oxygen atoms in total. The van der Waals surface area contributed by atoms with E-state index in [4.69, 9.17) is 10.5 Å². The molecule has 84 valence electrons. The second kappa shape index (κ2) is 4.77. The Kier molecular flexibility index (Phi) is 3.38. The van der Waals surface area contributed by atoms with E-state index >= 15 is 0 Å². The Labute approximate surface area is 90.4 Å². The average Bonchev–Trinajstić information content (AvgIpc) is 2.76. The zero-order chi connectivity index (χ0) is 10.7. The lowest BCUT2D eigenvalue weighted by Crippen LogP contribution is -2.29. The van der Waals surface area contributed by atoms with E-state index < -0.39 is 0 Å². The van der Waals surface area contributed by atoms with Crippen molar-refractivity contribution < 1.29 is 4.74 Å². The predicted octanol–water partition coefficient (Wildman–Crippen LogP) is 1.33. The number of hydrogen-bond donors (Lipinski definition) is 1. The first-order valence-electron chi connectivity index (χ1n) is 5.68. The third kappa shape index (κ3) is 2.06. The third-order valence-electron chi connectivity index (χ3n) is 3.12. The van der Waals surface area contributed by atoms with Gasteiger partial charge in [0.25, 0.3) is 0 Å². The van der Waals surface area contributed by atoms with Crippen LogP contribution in [0.15, 0.2) is 12.5 Å². The molecule has 4 heteroatoms. The van der Waals surface area contributed by atoms with Crippen molar-refractivity contribution in [1.82, 2.24) is 9.55 Å². The Bertz CT molecular complexity index is 311. The molecule has 1 aromatic heterocycles. The molecule has 0 amide bonds. The average molecular weight is 209 g/mol. The van der Waals surface area contributed by atoms with Crippen molar-refractivity contribution in [2.75, 3.05) is 13.2 Å². The van der Waals surface area contributed by atoms with Crippen molar-refractivity contribution in [2.45, 2.75) is 32.4 Å². The summed E-state index contributed by atoms with van der Waals surface area (Å²) >= 11 is 0. The fraction of sp³-hybridized carbons (Fsp3) is 0.727. The van der Waals surface area contributed by atoms with E-state index in [0.29, 0.717) is 12.5 Å². The van der Waals surface area contributed by atoms with Gasteiger partial charge in [0, 0.05) is 19.1 Å². The molecule has 0 saturated carbocycles. The van der Waals surface area contributed by atoms with Crippen LogP contribution in [0.4, 0.5) is 0 Å². The first-order valence-corrected chi connectivity index (χ1v) is 5.68. The maximum atomic E-state index is 5.83. The molecular weight excluding hydrogens is 190 g/mol. The Morgan fingerprint density at radius 1 is 1.67 bits per heavy atom. The highest BCUT2D eigenvalue weighted by Gasteiger charge is 2.28. The summed E-state index contributed by atoms with van der Waals surface area (Å²) in [7, 11) is 0. The van der Waals surface area contributed by atoms with E-state index in [0.717, 1.165) is 26.0 Å². The lowest BCUT2D eigenvalue weighted by Gasteiger charge is -2.31. The Balaban J connectivity index is 2.20. The van der Waals surface area contributed by atoms with Crippen LogP contribution >= 0.6 is 0 Å². The number of ether oxygens (including phenoxy) is 1. The summed E-state index contributed by atoms with van der Waals surface area (Å²) in [5.74, 6) is 0.445. The minimum Gasteiger partial charge on any atom is -0.372 e. The Hall–Kier alpha value is -0.870. The summed E-state index contributed by atoms with van der Waals surface area (Å²) < 4.78 is 7.97. The van der Waals surface area contributed by atoms with Gasteiger partial charge in [0.2, 0.25) is 0 Å². The molecule has 1 aromatic rings. The standard InChI is InChI=1S/C11H19N3O/c1-2-14-8-13-7-10(14)11-9(6-12)4-3-5-15-11/h7-9,11H,2-6,12H2,1H3. The van der Waals surface area contributed by atoms with Gasteiger partial charge in [-0.1, -0.05) is 0 Å². The molecule has 2 rings (SSSR count). The van der Waals surface area contributed by atoms with E-state index in [1.807, 2.05) is 12.5 Å². The highest BCUT2D eigenvalue weighted by molar-refractivity contribution is 5.06. The second-order valence-corrected chi connectivity index (χ2v) is 4.03. The van der Waals surface area contributed by atoms with Gasteiger partial charge in [0.1, 0.15) is 6.10 Å². The fourth-order valence-corrected chi connectivity index (χ4v) is 2.24. The molecule has 2 unspecified atom stereocenters. The number of aryl methyl sites for hydroxylation is 1. The van der Waals surface area contributed by atoms with Gasteiger partial charge < -0.3 is 15.0 Å². The van der Waals surface area contributed by atoms with Crippen molar-refractivity contribution in [1.29, 1.82) is 0 Å². The number of aromatic nitrogens is 2. The van der Waals surface area contributed by atoms with Crippen molar-refractivity contribution in [3.63, 3.8) is 0 Å². The molecule has 0 spiro atoms. The molecular formula is C11H19N3O. The topological polar surface area (TPSA) is 53.1 Å². The van der Waals surface area contributed by atoms with Gasteiger partial charge in [-0.15, -0.1) is 0 Å². The molecule has 2 atom stereocenters. The van der Waals surface area contributed by atoms with E-state index in [9.17, 15) is 0 Å². The molecule has 2 heterocycles. The summed E-state index contributed by atoms with van der Waals surface area (Å²) in [5, 5.41) is 0. The van der Waals surface area contributed by atoms with Gasteiger partial charge >= 0.3 is 0 Å². The summed E-state index contributed by atoms with van der Waals surface area (Å²) in [4.78, 5) is 4.18. The lowest BCUT2D eigenvalue weighted by atomic mass is 9.92. The van der Waals surface area contributed by atoms with E-state index in [1.54, 1.807) is 0 Å². The zero-order valence-electron chi connectivity index (χ0n) is 9.22. The molecule has 1 aliphatic heterocycles. The molecule has 0 aliphatic carbocycles. The SMILES string of the molecule is CCn1cncc1C1OCCCC1CN. The molecule has 0 bridgehead atoms. The molecule has 2 N–H and O–H groups in total. The molecule has 0 radical (unpaired) electrons. The predicted molar refractivity (Wildman–Crippen MR) is 58.4 cm³/mol. The van der Waals surface area contributed by atoms with Crippen LogP contribution in [0.1, 0.15) is 31.6 Å². The minimum absolute atomic E-state index is 0.145. The van der Waals surface area contributed by atoms with Crippen molar-refractivity contribution in [3.05, 3.63) is 18.2 Å². The van der Waals surface area contributed by atoms with E-state index in [-0.39, 0.29) is 6.10 Å². The molecule has 1 saturated heterocycles. The van der Waals surface area contributed by atoms with Crippen LogP contribution in [0.5, 0.6) is 0 Å². The summed E-state index contributed by atoms with van der Waals surface area (Å²) in [6.07, 6.45) is 6.20. The van der Waals surface area contributed by atoms with Gasteiger partial charge in [-0.25, -0.2) is 4.98 Å². The lowest BCUT2D eigenvalue weighted by molar-refractivity contribution is -0.0295. The van der Waals surface area contributed by atoms with Gasteiger partial charge in [-0.05, 0) is 26.3 Å². The van der Waals surface area contributed by atoms with Crippen LogP contribution in [-0.2, 0) is 11.3 Å². The van der Waals surface area contributed by atoms with Crippen LogP contribution in [0.2, 0.25) is 0 Å². The second-order valence-electron chi connectivity index (χ2n) is 4.03. The quantitative estimate of drug-likeness (QED) is 0.817. The highest BCUT2D eigenvalue weighted by atomic mass is 16.5. The zero-order valence-corrected chi connectivity index (χ0v) is 9.22. The maximum Gasteiger partial charge on any atom is 0.103 e. The summed E-state index contributed by atoms with van der Waals surface area (Å²) in [6.45, 7) is 4.59. The largest absolute Gasteiger partial charge is 0.372 e. The number of rotatable bonds is 3. The van der Waals surface area contributed by atoms with Crippen molar-refractivity contribution in [3.8, 4) is 0 Å². The van der Waals surface area contributed by atoms with Crippen LogP contribution in [-0.4, -0.2) is 22.7 Å². The summed E-state index contributed by atoms with van der Waals surface area (Å²) in [5.41, 5.74) is 6.96. The maximum absolute atomic E-state index is 5.83. The van der Waals surface area contributed by atoms with Crippen LogP contribution < -0.4 is 5.73 Å². The highest BCUT2D eigenvalue weighted by Crippen LogP contribution is 2.32. The van der Waals surface area contributed by atoms with Gasteiger partial charge in [0.05, 0.1) is 18.2 Å². The van der Waals surface area contributed by atoms with Crippen LogP contribution in [0.25, 0.3) is 0 Å². The van der Waals surface area contributed by atoms with Gasteiger partial charge in [-0.2, -0.15) is 0 Å². The third-order valence-corrected chi connectivity index (χ3v) is 3.12. The molecule has 0 aromatic carbocycles. The molecule has 1 fully saturated rings. The van der Waals surface area contributed by atoms with Crippen LogP contribution in [0, 0.1) is 5.92 Å². The number of nitrogens with zero attached hydrogens (tertiary/aromatic N) is 2. The first-order chi connectivity index (χ1) is 7.36. The first kappa shape index (κ1) is 10.6. The number of hydrogen-bond acceptors (Lipinski definition) is 3. The van der Waals surface area contributed by atoms with Gasteiger partial charge in [0.15, 0.2) is 0 Å².